The SMILES string of the molecule is CC1(C)C[C@H](Sc2nnnn2-c2ccccc2)C[C@@]2(C)C1CC[C@@]1(C)OC(=O)C[C@@H]12. The molecule has 7 heteroatoms. The molecule has 3 fully saturated rings. The van der Waals surface area contributed by atoms with E-state index in [0.717, 1.165) is 36.5 Å². The van der Waals surface area contributed by atoms with E-state index in [0.29, 0.717) is 17.6 Å². The van der Waals surface area contributed by atoms with Crippen molar-refractivity contribution in [2.45, 2.75) is 75.8 Å². The van der Waals surface area contributed by atoms with Gasteiger partial charge in [-0.3, -0.25) is 4.79 Å². The Morgan fingerprint density at radius 2 is 1.87 bits per heavy atom. The second-order valence-electron chi connectivity index (χ2n) is 10.5. The molecule has 2 heterocycles. The van der Waals surface area contributed by atoms with Crippen molar-refractivity contribution in [3.8, 4) is 5.69 Å². The average molecular weight is 427 g/mol. The van der Waals surface area contributed by atoms with Gasteiger partial charge in [0.25, 0.3) is 0 Å². The molecule has 5 rings (SSSR count). The van der Waals surface area contributed by atoms with Crippen LogP contribution >= 0.6 is 11.8 Å². The number of rotatable bonds is 3. The highest BCUT2D eigenvalue weighted by atomic mass is 32.2. The first-order chi connectivity index (χ1) is 14.2. The van der Waals surface area contributed by atoms with Crippen LogP contribution in [0.1, 0.15) is 59.8 Å². The smallest absolute Gasteiger partial charge is 0.306 e. The molecule has 1 saturated heterocycles. The van der Waals surface area contributed by atoms with Crippen LogP contribution in [0.5, 0.6) is 0 Å². The third-order valence-corrected chi connectivity index (χ3v) is 9.19. The lowest BCUT2D eigenvalue weighted by Crippen LogP contribution is -2.58. The molecule has 1 aliphatic heterocycles. The van der Waals surface area contributed by atoms with Gasteiger partial charge in [0.2, 0.25) is 5.16 Å². The van der Waals surface area contributed by atoms with Crippen molar-refractivity contribution in [2.24, 2.45) is 22.7 Å². The van der Waals surface area contributed by atoms with Crippen LogP contribution in [0.4, 0.5) is 0 Å². The molecule has 2 aliphatic carbocycles. The number of benzene rings is 1. The van der Waals surface area contributed by atoms with Gasteiger partial charge in [-0.05, 0) is 71.9 Å². The van der Waals surface area contributed by atoms with Crippen molar-refractivity contribution in [3.63, 3.8) is 0 Å². The Morgan fingerprint density at radius 1 is 1.10 bits per heavy atom. The minimum atomic E-state index is -0.309. The first-order valence-electron chi connectivity index (χ1n) is 10.9. The summed E-state index contributed by atoms with van der Waals surface area (Å²) in [6.07, 6.45) is 4.85. The van der Waals surface area contributed by atoms with Crippen molar-refractivity contribution < 1.29 is 9.53 Å². The van der Waals surface area contributed by atoms with Crippen molar-refractivity contribution in [1.82, 2.24) is 20.2 Å². The lowest BCUT2D eigenvalue weighted by molar-refractivity contribution is -0.164. The lowest BCUT2D eigenvalue weighted by Gasteiger charge is -2.61. The zero-order chi connectivity index (χ0) is 21.1. The van der Waals surface area contributed by atoms with Crippen LogP contribution in [0.3, 0.4) is 0 Å². The first kappa shape index (κ1) is 20.0. The molecule has 1 aromatic heterocycles. The molecule has 5 atom stereocenters. The number of aromatic nitrogens is 4. The van der Waals surface area contributed by atoms with Crippen LogP contribution < -0.4 is 0 Å². The fourth-order valence-corrected chi connectivity index (χ4v) is 8.57. The Labute approximate surface area is 182 Å². The Kier molecular flexibility index (Phi) is 4.55. The average Bonchev–Trinajstić information content (AvgIpc) is 3.25. The van der Waals surface area contributed by atoms with Crippen LogP contribution in [0.2, 0.25) is 0 Å². The number of tetrazole rings is 1. The zero-order valence-corrected chi connectivity index (χ0v) is 19.0. The maximum atomic E-state index is 12.3. The van der Waals surface area contributed by atoms with Crippen LogP contribution in [0.15, 0.2) is 35.5 Å². The van der Waals surface area contributed by atoms with Gasteiger partial charge in [0.15, 0.2) is 0 Å². The molecule has 3 aliphatic rings. The fourth-order valence-electron chi connectivity index (χ4n) is 6.99. The van der Waals surface area contributed by atoms with E-state index in [1.165, 1.54) is 0 Å². The highest BCUT2D eigenvalue weighted by Crippen LogP contribution is 2.66. The van der Waals surface area contributed by atoms with E-state index in [2.05, 4.69) is 43.2 Å². The minimum Gasteiger partial charge on any atom is -0.459 e. The van der Waals surface area contributed by atoms with Gasteiger partial charge in [0, 0.05) is 11.2 Å². The fraction of sp³-hybridized carbons (Fsp3) is 0.652. The van der Waals surface area contributed by atoms with Gasteiger partial charge in [-0.25, -0.2) is 0 Å². The van der Waals surface area contributed by atoms with Crippen LogP contribution in [0.25, 0.3) is 5.69 Å². The molecule has 0 amide bonds. The van der Waals surface area contributed by atoms with Gasteiger partial charge in [0.1, 0.15) is 5.60 Å². The number of carbonyl (C=O) groups excluding carboxylic acids is 1. The molecule has 2 aromatic rings. The van der Waals surface area contributed by atoms with Gasteiger partial charge in [0.05, 0.1) is 12.1 Å². The van der Waals surface area contributed by atoms with Gasteiger partial charge < -0.3 is 4.74 Å². The van der Waals surface area contributed by atoms with E-state index >= 15 is 0 Å². The number of thioether (sulfide) groups is 1. The predicted molar refractivity (Wildman–Crippen MR) is 115 cm³/mol. The summed E-state index contributed by atoms with van der Waals surface area (Å²) in [6, 6.07) is 10.0. The number of nitrogens with zero attached hydrogens (tertiary/aromatic N) is 4. The summed E-state index contributed by atoms with van der Waals surface area (Å²) in [5, 5.41) is 13.8. The third-order valence-electron chi connectivity index (χ3n) is 8.05. The summed E-state index contributed by atoms with van der Waals surface area (Å²) in [6.45, 7) is 9.38. The molecular formula is C23H30N4O2S. The summed E-state index contributed by atoms with van der Waals surface area (Å²) in [5.41, 5.74) is 0.937. The quantitative estimate of drug-likeness (QED) is 0.664. The van der Waals surface area contributed by atoms with Gasteiger partial charge in [-0.1, -0.05) is 50.7 Å². The second-order valence-corrected chi connectivity index (χ2v) is 11.8. The van der Waals surface area contributed by atoms with Gasteiger partial charge in [-0.2, -0.15) is 4.68 Å². The van der Waals surface area contributed by atoms with E-state index in [1.807, 2.05) is 35.0 Å². The summed E-state index contributed by atoms with van der Waals surface area (Å²) in [4.78, 5) is 12.3. The molecule has 0 N–H and O–H groups in total. The van der Waals surface area contributed by atoms with E-state index in [1.54, 1.807) is 11.8 Å². The van der Waals surface area contributed by atoms with Crippen molar-refractivity contribution in [3.05, 3.63) is 30.3 Å². The van der Waals surface area contributed by atoms with E-state index < -0.39 is 0 Å². The maximum Gasteiger partial charge on any atom is 0.306 e. The summed E-state index contributed by atoms with van der Waals surface area (Å²) >= 11 is 1.78. The second kappa shape index (κ2) is 6.81. The maximum absolute atomic E-state index is 12.3. The number of esters is 1. The minimum absolute atomic E-state index is 0.0232. The Morgan fingerprint density at radius 3 is 2.63 bits per heavy atom. The lowest BCUT2D eigenvalue weighted by atomic mass is 9.45. The summed E-state index contributed by atoms with van der Waals surface area (Å²) in [5.74, 6) is 0.855. The number of hydrogen-bond donors (Lipinski definition) is 0. The van der Waals surface area contributed by atoms with Crippen LogP contribution in [-0.2, 0) is 9.53 Å². The summed E-state index contributed by atoms with van der Waals surface area (Å²) in [7, 11) is 0. The Bertz CT molecular complexity index is 961. The van der Waals surface area contributed by atoms with Crippen LogP contribution in [0, 0.1) is 22.7 Å². The molecule has 30 heavy (non-hydrogen) atoms. The standard InChI is InChI=1S/C23H30N4O2S/c1-21(2)13-16(30-20-24-25-26-27(20)15-8-6-5-7-9-15)14-22(3)17(21)10-11-23(4)18(22)12-19(28)29-23/h5-9,16-18H,10-14H2,1-4H3/t16-,17?,18+,22-,23+/m0/s1. The highest BCUT2D eigenvalue weighted by Gasteiger charge is 2.64. The number of hydrogen-bond acceptors (Lipinski definition) is 6. The molecular weight excluding hydrogens is 396 g/mol. The number of para-hydroxylation sites is 1. The van der Waals surface area contributed by atoms with Crippen LogP contribution in [-0.4, -0.2) is 37.0 Å². The highest BCUT2D eigenvalue weighted by molar-refractivity contribution is 7.99. The molecule has 1 aromatic carbocycles. The molecule has 1 unspecified atom stereocenters. The molecule has 160 valence electrons. The van der Waals surface area contributed by atoms with E-state index in [4.69, 9.17) is 4.74 Å². The topological polar surface area (TPSA) is 69.9 Å². The number of fused-ring (bicyclic) bond motifs is 3. The monoisotopic (exact) mass is 426 g/mol. The Hall–Kier alpha value is -1.89. The summed E-state index contributed by atoms with van der Waals surface area (Å²) < 4.78 is 7.70. The molecule has 6 nitrogen and oxygen atoms in total. The first-order valence-corrected chi connectivity index (χ1v) is 11.8. The molecule has 0 spiro atoms. The molecule has 2 saturated carbocycles. The normalized spacial score (nSPS) is 37.3. The molecule has 0 radical (unpaired) electrons. The zero-order valence-electron chi connectivity index (χ0n) is 18.2. The van der Waals surface area contributed by atoms with Crippen molar-refractivity contribution in [2.75, 3.05) is 0 Å². The predicted octanol–water partition coefficient (Wildman–Crippen LogP) is 4.68. The number of carbonyl (C=O) groups is 1. The van der Waals surface area contributed by atoms with Gasteiger partial charge in [-0.15, -0.1) is 5.10 Å². The molecule has 0 bridgehead atoms. The van der Waals surface area contributed by atoms with E-state index in [-0.39, 0.29) is 28.3 Å². The number of ether oxygens (including phenoxy) is 1. The van der Waals surface area contributed by atoms with E-state index in [9.17, 15) is 4.79 Å². The van der Waals surface area contributed by atoms with Gasteiger partial charge >= 0.3 is 5.97 Å². The third kappa shape index (κ3) is 3.08. The Balaban J connectivity index is 1.45. The van der Waals surface area contributed by atoms with Crippen molar-refractivity contribution >= 4 is 17.7 Å². The van der Waals surface area contributed by atoms with Crippen molar-refractivity contribution in [1.29, 1.82) is 0 Å². The largest absolute Gasteiger partial charge is 0.459 e.